The number of carbonyl (C=O) groups is 1. The molecule has 1 saturated heterocycles. The lowest BCUT2D eigenvalue weighted by atomic mass is 10.2. The summed E-state index contributed by atoms with van der Waals surface area (Å²) in [6.45, 7) is 0.647. The first-order valence-electron chi connectivity index (χ1n) is 6.94. The third-order valence-corrected chi connectivity index (χ3v) is 4.88. The number of carbonyl (C=O) groups excluding carboxylic acids is 1. The zero-order valence-electron chi connectivity index (χ0n) is 12.0. The molecule has 1 amide bonds. The molecule has 3 rings (SSSR count). The van der Waals surface area contributed by atoms with E-state index >= 15 is 0 Å². The van der Waals surface area contributed by atoms with Crippen molar-refractivity contribution in [1.29, 1.82) is 0 Å². The molecule has 2 heterocycles. The molecule has 0 spiro atoms. The Kier molecular flexibility index (Phi) is 4.24. The number of aliphatic hydroxyl groups excluding tert-OH is 1. The van der Waals surface area contributed by atoms with Crippen LogP contribution in [-0.2, 0) is 4.74 Å². The number of thiophene rings is 1. The molecule has 0 bridgehead atoms. The van der Waals surface area contributed by atoms with E-state index in [4.69, 9.17) is 4.74 Å². The highest BCUT2D eigenvalue weighted by molar-refractivity contribution is 7.17. The van der Waals surface area contributed by atoms with E-state index < -0.39 is 6.10 Å². The number of rotatable bonds is 3. The van der Waals surface area contributed by atoms with Crippen molar-refractivity contribution in [3.63, 3.8) is 0 Å². The summed E-state index contributed by atoms with van der Waals surface area (Å²) >= 11 is 1.32. The molecule has 0 radical (unpaired) electrons. The molecule has 1 aromatic carbocycles. The van der Waals surface area contributed by atoms with Gasteiger partial charge >= 0.3 is 0 Å². The van der Waals surface area contributed by atoms with Crippen molar-refractivity contribution in [3.05, 3.63) is 47.1 Å². The van der Waals surface area contributed by atoms with Gasteiger partial charge in [-0.05, 0) is 29.8 Å². The summed E-state index contributed by atoms with van der Waals surface area (Å²) in [5.74, 6) is -0.435. The summed E-state index contributed by atoms with van der Waals surface area (Å²) in [5, 5.41) is 9.81. The van der Waals surface area contributed by atoms with E-state index in [2.05, 4.69) is 0 Å². The Labute approximate surface area is 131 Å². The smallest absolute Gasteiger partial charge is 0.264 e. The second-order valence-corrected chi connectivity index (χ2v) is 6.31. The van der Waals surface area contributed by atoms with Gasteiger partial charge in [-0.25, -0.2) is 4.39 Å². The van der Waals surface area contributed by atoms with Crippen LogP contribution in [0.5, 0.6) is 0 Å². The van der Waals surface area contributed by atoms with Crippen LogP contribution in [-0.4, -0.2) is 48.3 Å². The number of likely N-dealkylation sites (tertiary alicyclic amines) is 1. The Morgan fingerprint density at radius 1 is 1.36 bits per heavy atom. The lowest BCUT2D eigenvalue weighted by Crippen LogP contribution is -2.29. The predicted octanol–water partition coefficient (Wildman–Crippen LogP) is 2.39. The number of β-amino-alcohol motifs (C(OH)–C–C–N with tert-alkyl or cyclic N) is 1. The number of halogens is 1. The first kappa shape index (κ1) is 15.1. The number of ether oxygens (including phenoxy) is 1. The first-order valence-corrected chi connectivity index (χ1v) is 7.76. The molecule has 1 N–H and O–H groups in total. The molecule has 2 aromatic rings. The van der Waals surface area contributed by atoms with Gasteiger partial charge in [0.1, 0.15) is 11.9 Å². The van der Waals surface area contributed by atoms with Crippen LogP contribution in [0.1, 0.15) is 9.67 Å². The summed E-state index contributed by atoms with van der Waals surface area (Å²) < 4.78 is 18.4. The van der Waals surface area contributed by atoms with E-state index in [0.29, 0.717) is 11.4 Å². The fourth-order valence-electron chi connectivity index (χ4n) is 2.56. The third-order valence-electron chi connectivity index (χ3n) is 3.75. The minimum Gasteiger partial charge on any atom is -0.388 e. The van der Waals surface area contributed by atoms with Crippen molar-refractivity contribution in [2.75, 3.05) is 20.2 Å². The van der Waals surface area contributed by atoms with Gasteiger partial charge in [0.25, 0.3) is 5.91 Å². The van der Waals surface area contributed by atoms with Crippen LogP contribution >= 0.6 is 11.3 Å². The molecule has 0 saturated carbocycles. The normalized spacial score (nSPS) is 21.3. The fraction of sp³-hybridized carbons (Fsp3) is 0.312. The van der Waals surface area contributed by atoms with Gasteiger partial charge in [0, 0.05) is 25.1 Å². The van der Waals surface area contributed by atoms with Gasteiger partial charge in [0.05, 0.1) is 11.0 Å². The van der Waals surface area contributed by atoms with Gasteiger partial charge in [-0.15, -0.1) is 11.3 Å². The zero-order chi connectivity index (χ0) is 15.7. The molecule has 1 aromatic heterocycles. The maximum atomic E-state index is 13.3. The number of aliphatic hydroxyl groups is 1. The molecular weight excluding hydrogens is 305 g/mol. The topological polar surface area (TPSA) is 49.8 Å². The molecule has 1 fully saturated rings. The van der Waals surface area contributed by atoms with Crippen LogP contribution in [0.3, 0.4) is 0 Å². The highest BCUT2D eigenvalue weighted by Crippen LogP contribution is 2.30. The van der Waals surface area contributed by atoms with Crippen LogP contribution < -0.4 is 0 Å². The molecule has 22 heavy (non-hydrogen) atoms. The second-order valence-electron chi connectivity index (χ2n) is 5.23. The van der Waals surface area contributed by atoms with Crippen LogP contribution in [0, 0.1) is 5.82 Å². The zero-order valence-corrected chi connectivity index (χ0v) is 12.8. The molecule has 1 aliphatic rings. The minimum absolute atomic E-state index is 0.133. The number of nitrogens with zero attached hydrogens (tertiary/aromatic N) is 1. The molecule has 4 nitrogen and oxygen atoms in total. The summed E-state index contributed by atoms with van der Waals surface area (Å²) in [7, 11) is 1.52. The standard InChI is InChI=1S/C16H16FNO3S/c1-21-13-9-18(8-12(13)19)16(20)15-6-5-14(22-15)10-3-2-4-11(17)7-10/h2-7,12-13,19H,8-9H2,1H3/t12-,13-/m1/s1. The minimum atomic E-state index is -0.656. The number of benzene rings is 1. The lowest BCUT2D eigenvalue weighted by molar-refractivity contribution is 0.0215. The first-order chi connectivity index (χ1) is 10.6. The Hall–Kier alpha value is -1.76. The van der Waals surface area contributed by atoms with Crippen LogP contribution in [0.4, 0.5) is 4.39 Å². The van der Waals surface area contributed by atoms with Gasteiger partial charge in [0.15, 0.2) is 0 Å². The van der Waals surface area contributed by atoms with Gasteiger partial charge in [0.2, 0.25) is 0 Å². The van der Waals surface area contributed by atoms with Crippen molar-refractivity contribution >= 4 is 17.2 Å². The van der Waals surface area contributed by atoms with E-state index in [0.717, 1.165) is 10.4 Å². The van der Waals surface area contributed by atoms with Gasteiger partial charge in [-0.2, -0.15) is 0 Å². The average Bonchev–Trinajstić information content (AvgIpc) is 3.13. The molecule has 6 heteroatoms. The quantitative estimate of drug-likeness (QED) is 0.944. The average molecular weight is 321 g/mol. The number of amides is 1. The van der Waals surface area contributed by atoms with E-state index in [1.54, 1.807) is 17.0 Å². The van der Waals surface area contributed by atoms with Crippen LogP contribution in [0.2, 0.25) is 0 Å². The van der Waals surface area contributed by atoms with Crippen molar-refractivity contribution in [2.45, 2.75) is 12.2 Å². The highest BCUT2D eigenvalue weighted by atomic mass is 32.1. The van der Waals surface area contributed by atoms with E-state index in [1.807, 2.05) is 12.1 Å². The summed E-state index contributed by atoms with van der Waals surface area (Å²) in [6, 6.07) is 9.84. The summed E-state index contributed by atoms with van der Waals surface area (Å²) in [6.07, 6.45) is -0.997. The van der Waals surface area contributed by atoms with E-state index in [-0.39, 0.29) is 24.4 Å². The van der Waals surface area contributed by atoms with Crippen molar-refractivity contribution in [2.24, 2.45) is 0 Å². The van der Waals surface area contributed by atoms with Gasteiger partial charge in [-0.3, -0.25) is 4.79 Å². The van der Waals surface area contributed by atoms with Crippen LogP contribution in [0.15, 0.2) is 36.4 Å². The maximum Gasteiger partial charge on any atom is 0.264 e. The SMILES string of the molecule is CO[C@@H]1CN(C(=O)c2ccc(-c3cccc(F)c3)s2)C[C@H]1O. The molecule has 1 aliphatic heterocycles. The maximum absolute atomic E-state index is 13.3. The van der Waals surface area contributed by atoms with Crippen molar-refractivity contribution in [3.8, 4) is 10.4 Å². The Morgan fingerprint density at radius 3 is 2.86 bits per heavy atom. The summed E-state index contributed by atoms with van der Waals surface area (Å²) in [4.78, 5) is 15.5. The van der Waals surface area contributed by atoms with Gasteiger partial charge < -0.3 is 14.7 Å². The van der Waals surface area contributed by atoms with E-state index in [1.165, 1.54) is 30.6 Å². The Bertz CT molecular complexity index is 688. The second kappa shape index (κ2) is 6.16. The number of hydrogen-bond donors (Lipinski definition) is 1. The number of hydrogen-bond acceptors (Lipinski definition) is 4. The fourth-order valence-corrected chi connectivity index (χ4v) is 3.53. The monoisotopic (exact) mass is 321 g/mol. The molecule has 116 valence electrons. The Balaban J connectivity index is 1.78. The molecular formula is C16H16FNO3S. The summed E-state index contributed by atoms with van der Waals surface area (Å²) in [5.41, 5.74) is 0.750. The van der Waals surface area contributed by atoms with Crippen molar-refractivity contribution < 1.29 is 19.0 Å². The lowest BCUT2D eigenvalue weighted by Gasteiger charge is -2.14. The number of methoxy groups -OCH3 is 1. The largest absolute Gasteiger partial charge is 0.388 e. The Morgan fingerprint density at radius 2 is 2.18 bits per heavy atom. The van der Waals surface area contributed by atoms with E-state index in [9.17, 15) is 14.3 Å². The van der Waals surface area contributed by atoms with Crippen molar-refractivity contribution in [1.82, 2.24) is 4.90 Å². The highest BCUT2D eigenvalue weighted by Gasteiger charge is 2.34. The molecule has 0 aliphatic carbocycles. The third kappa shape index (κ3) is 2.90. The van der Waals surface area contributed by atoms with Gasteiger partial charge in [-0.1, -0.05) is 12.1 Å². The molecule has 2 atom stereocenters. The predicted molar refractivity (Wildman–Crippen MR) is 82.4 cm³/mol. The van der Waals surface area contributed by atoms with Crippen LogP contribution in [0.25, 0.3) is 10.4 Å². The molecule has 0 unspecified atom stereocenters.